The van der Waals surface area contributed by atoms with Crippen molar-refractivity contribution in [2.45, 2.75) is 31.4 Å². The summed E-state index contributed by atoms with van der Waals surface area (Å²) in [5.41, 5.74) is 1.40. The summed E-state index contributed by atoms with van der Waals surface area (Å²) in [5, 5.41) is 0. The van der Waals surface area contributed by atoms with E-state index >= 15 is 0 Å². The first-order chi connectivity index (χ1) is 7.81. The Morgan fingerprint density at radius 3 is 3.19 bits per heavy atom. The minimum atomic E-state index is 0.311. The summed E-state index contributed by atoms with van der Waals surface area (Å²) in [6, 6.07) is 2.11. The number of thioether (sulfide) groups is 1. The van der Waals surface area contributed by atoms with Crippen LogP contribution in [0.4, 0.5) is 0 Å². The molecular formula is C13H16OS2. The Hall–Kier alpha value is -0.540. The van der Waals surface area contributed by atoms with Crippen molar-refractivity contribution in [2.75, 3.05) is 5.75 Å². The average molecular weight is 252 g/mol. The number of ketones is 1. The van der Waals surface area contributed by atoms with Crippen molar-refractivity contribution < 1.29 is 4.79 Å². The number of fused-ring (bicyclic) bond motifs is 1. The topological polar surface area (TPSA) is 17.1 Å². The zero-order valence-electron chi connectivity index (χ0n) is 9.33. The second-order valence-electron chi connectivity index (χ2n) is 3.97. The van der Waals surface area contributed by atoms with E-state index in [-0.39, 0.29) is 0 Å². The number of aryl methyl sites for hydroxylation is 1. The molecule has 0 spiro atoms. The first-order valence-corrected chi connectivity index (χ1v) is 7.62. The van der Waals surface area contributed by atoms with Gasteiger partial charge in [-0.15, -0.1) is 17.9 Å². The van der Waals surface area contributed by atoms with Gasteiger partial charge in [0.25, 0.3) is 0 Å². The molecule has 16 heavy (non-hydrogen) atoms. The number of unbranched alkanes of at least 4 members (excludes halogenated alkanes) is 1. The highest BCUT2D eigenvalue weighted by Gasteiger charge is 2.16. The second-order valence-corrected chi connectivity index (χ2v) is 6.21. The number of carbonyl (C=O) groups excluding carboxylic acids is 1. The van der Waals surface area contributed by atoms with Gasteiger partial charge in [0.2, 0.25) is 0 Å². The third-order valence-electron chi connectivity index (χ3n) is 2.71. The molecule has 86 valence electrons. The van der Waals surface area contributed by atoms with E-state index in [1.165, 1.54) is 16.2 Å². The van der Waals surface area contributed by atoms with Gasteiger partial charge in [0.05, 0.1) is 4.88 Å². The molecule has 0 aromatic carbocycles. The van der Waals surface area contributed by atoms with Gasteiger partial charge in [0.15, 0.2) is 5.78 Å². The molecule has 0 N–H and O–H groups in total. The van der Waals surface area contributed by atoms with Crippen LogP contribution in [0.25, 0.3) is 0 Å². The molecule has 0 radical (unpaired) electrons. The maximum absolute atomic E-state index is 11.9. The van der Waals surface area contributed by atoms with E-state index in [1.807, 2.05) is 17.8 Å². The molecule has 1 aliphatic heterocycles. The van der Waals surface area contributed by atoms with Crippen molar-refractivity contribution in [1.29, 1.82) is 0 Å². The molecule has 1 aromatic rings. The van der Waals surface area contributed by atoms with Crippen molar-refractivity contribution in [3.8, 4) is 0 Å². The maximum Gasteiger partial charge on any atom is 0.172 e. The summed E-state index contributed by atoms with van der Waals surface area (Å²) < 4.78 is 0. The van der Waals surface area contributed by atoms with E-state index in [2.05, 4.69) is 12.6 Å². The summed E-state index contributed by atoms with van der Waals surface area (Å²) in [5.74, 6) is 2.61. The largest absolute Gasteiger partial charge is 0.293 e. The van der Waals surface area contributed by atoms with E-state index in [1.54, 1.807) is 11.3 Å². The fourth-order valence-corrected chi connectivity index (χ4v) is 4.15. The quantitative estimate of drug-likeness (QED) is 0.446. The molecule has 1 aliphatic rings. The third-order valence-corrected chi connectivity index (χ3v) is 5.00. The molecule has 0 aliphatic carbocycles. The average Bonchev–Trinajstić information content (AvgIpc) is 2.73. The van der Waals surface area contributed by atoms with E-state index in [0.29, 0.717) is 12.2 Å². The summed E-state index contributed by atoms with van der Waals surface area (Å²) in [7, 11) is 0. The fourth-order valence-electron chi connectivity index (χ4n) is 1.81. The molecule has 2 rings (SSSR count). The fraction of sp³-hybridized carbons (Fsp3) is 0.462. The first kappa shape index (κ1) is 11.9. The van der Waals surface area contributed by atoms with Gasteiger partial charge in [-0.2, -0.15) is 11.8 Å². The zero-order valence-corrected chi connectivity index (χ0v) is 11.0. The van der Waals surface area contributed by atoms with Crippen LogP contribution in [-0.2, 0) is 12.2 Å². The van der Waals surface area contributed by atoms with Gasteiger partial charge in [-0.3, -0.25) is 4.79 Å². The van der Waals surface area contributed by atoms with E-state index < -0.39 is 0 Å². The first-order valence-electron chi connectivity index (χ1n) is 5.64. The summed E-state index contributed by atoms with van der Waals surface area (Å²) in [6.45, 7) is 3.67. The number of hydrogen-bond acceptors (Lipinski definition) is 3. The number of Topliss-reactive ketones (excluding diaryl/α,β-unsaturated/α-hetero) is 1. The van der Waals surface area contributed by atoms with Crippen LogP contribution in [0.5, 0.6) is 0 Å². The van der Waals surface area contributed by atoms with Gasteiger partial charge < -0.3 is 0 Å². The molecule has 0 bridgehead atoms. The SMILES string of the molecule is C=CCCCC(=O)c1cc2c(s1)CCSC2. The standard InChI is InChI=1S/C13H16OS2/c1-2-3-4-5-11(14)13-8-10-9-15-7-6-12(10)16-13/h2,8H,1,3-7,9H2. The van der Waals surface area contributed by atoms with Crippen LogP contribution in [0.1, 0.15) is 39.4 Å². The molecule has 0 unspecified atom stereocenters. The molecule has 3 heteroatoms. The van der Waals surface area contributed by atoms with E-state index in [0.717, 1.165) is 29.9 Å². The van der Waals surface area contributed by atoms with Gasteiger partial charge in [0, 0.05) is 17.1 Å². The Balaban J connectivity index is 2.00. The van der Waals surface area contributed by atoms with Crippen LogP contribution in [-0.4, -0.2) is 11.5 Å². The normalized spacial score (nSPS) is 14.5. The predicted molar refractivity (Wildman–Crippen MR) is 72.6 cm³/mol. The van der Waals surface area contributed by atoms with Gasteiger partial charge in [-0.25, -0.2) is 0 Å². The van der Waals surface area contributed by atoms with Crippen LogP contribution in [0.2, 0.25) is 0 Å². The summed E-state index contributed by atoms with van der Waals surface area (Å²) in [4.78, 5) is 14.3. The molecule has 1 aromatic heterocycles. The smallest absolute Gasteiger partial charge is 0.172 e. The zero-order chi connectivity index (χ0) is 11.4. The lowest BCUT2D eigenvalue weighted by Gasteiger charge is -2.08. The van der Waals surface area contributed by atoms with Crippen molar-refractivity contribution in [2.24, 2.45) is 0 Å². The second kappa shape index (κ2) is 5.69. The summed E-state index contributed by atoms with van der Waals surface area (Å²) >= 11 is 3.68. The molecule has 0 fully saturated rings. The van der Waals surface area contributed by atoms with Gasteiger partial charge in [-0.05, 0) is 36.6 Å². The van der Waals surface area contributed by atoms with Gasteiger partial charge in [0.1, 0.15) is 0 Å². The number of thiophene rings is 1. The molecular weight excluding hydrogens is 236 g/mol. The van der Waals surface area contributed by atoms with Crippen molar-refractivity contribution in [3.05, 3.63) is 34.0 Å². The lowest BCUT2D eigenvalue weighted by molar-refractivity contribution is 0.0984. The van der Waals surface area contributed by atoms with Crippen molar-refractivity contribution in [3.63, 3.8) is 0 Å². The minimum Gasteiger partial charge on any atom is -0.293 e. The molecule has 0 amide bonds. The van der Waals surface area contributed by atoms with Crippen molar-refractivity contribution >= 4 is 28.9 Å². The summed E-state index contributed by atoms with van der Waals surface area (Å²) in [6.07, 6.45) is 5.55. The Morgan fingerprint density at radius 2 is 2.44 bits per heavy atom. The predicted octanol–water partition coefficient (Wildman–Crippen LogP) is 4.08. The number of carbonyl (C=O) groups is 1. The van der Waals surface area contributed by atoms with Crippen LogP contribution < -0.4 is 0 Å². The monoisotopic (exact) mass is 252 g/mol. The molecule has 0 saturated carbocycles. The minimum absolute atomic E-state index is 0.311. The Morgan fingerprint density at radius 1 is 1.56 bits per heavy atom. The van der Waals surface area contributed by atoms with Crippen LogP contribution in [0, 0.1) is 0 Å². The van der Waals surface area contributed by atoms with Crippen LogP contribution >= 0.6 is 23.1 Å². The Kier molecular flexibility index (Phi) is 4.24. The van der Waals surface area contributed by atoms with Crippen molar-refractivity contribution in [1.82, 2.24) is 0 Å². The highest BCUT2D eigenvalue weighted by molar-refractivity contribution is 7.98. The maximum atomic E-state index is 11.9. The highest BCUT2D eigenvalue weighted by atomic mass is 32.2. The molecule has 0 saturated heterocycles. The molecule has 1 nitrogen and oxygen atoms in total. The number of allylic oxidation sites excluding steroid dienone is 1. The Bertz CT molecular complexity index is 369. The van der Waals surface area contributed by atoms with Crippen LogP contribution in [0.15, 0.2) is 18.7 Å². The highest BCUT2D eigenvalue weighted by Crippen LogP contribution is 2.32. The molecule has 2 heterocycles. The lowest BCUT2D eigenvalue weighted by atomic mass is 10.1. The lowest BCUT2D eigenvalue weighted by Crippen LogP contribution is -1.96. The third kappa shape index (κ3) is 2.77. The number of rotatable bonds is 5. The van der Waals surface area contributed by atoms with E-state index in [9.17, 15) is 4.79 Å². The van der Waals surface area contributed by atoms with Crippen LogP contribution in [0.3, 0.4) is 0 Å². The van der Waals surface area contributed by atoms with E-state index in [4.69, 9.17) is 0 Å². The molecule has 0 atom stereocenters. The Labute approximate surface area is 105 Å². The van der Waals surface area contributed by atoms with Gasteiger partial charge >= 0.3 is 0 Å². The number of hydrogen-bond donors (Lipinski definition) is 0. The van der Waals surface area contributed by atoms with Gasteiger partial charge in [-0.1, -0.05) is 6.08 Å².